The number of benzene rings is 1. The molecule has 1 aromatic heterocycles. The summed E-state index contributed by atoms with van der Waals surface area (Å²) in [4.78, 5) is 0. The highest BCUT2D eigenvalue weighted by Gasteiger charge is 2.13. The van der Waals surface area contributed by atoms with Crippen LogP contribution < -0.4 is 5.32 Å². The Balaban J connectivity index is 2.49. The van der Waals surface area contributed by atoms with Gasteiger partial charge in [-0.05, 0) is 63.0 Å². The molecular weight excluding hydrogens is 234 g/mol. The van der Waals surface area contributed by atoms with Crippen molar-refractivity contribution in [2.24, 2.45) is 7.05 Å². The minimum absolute atomic E-state index is 0.975. The number of aromatic nitrogens is 2. The average molecular weight is 257 g/mol. The molecular formula is C16H23N3. The van der Waals surface area contributed by atoms with E-state index in [1.54, 1.807) is 0 Å². The van der Waals surface area contributed by atoms with Gasteiger partial charge in [-0.1, -0.05) is 12.1 Å². The lowest BCUT2D eigenvalue weighted by Crippen LogP contribution is -2.10. The van der Waals surface area contributed by atoms with Gasteiger partial charge in [0.2, 0.25) is 0 Å². The first-order valence-electron chi connectivity index (χ1n) is 6.79. The average Bonchev–Trinajstić information content (AvgIpc) is 2.75. The number of hydrogen-bond donors (Lipinski definition) is 1. The molecule has 0 aliphatic rings. The molecule has 0 bridgehead atoms. The highest BCUT2D eigenvalue weighted by Crippen LogP contribution is 2.28. The summed E-state index contributed by atoms with van der Waals surface area (Å²) in [5.74, 6) is 0. The topological polar surface area (TPSA) is 29.9 Å². The summed E-state index contributed by atoms with van der Waals surface area (Å²) < 4.78 is 1.91. The Morgan fingerprint density at radius 2 is 1.89 bits per heavy atom. The minimum atomic E-state index is 0.975. The van der Waals surface area contributed by atoms with Crippen molar-refractivity contribution in [1.82, 2.24) is 15.1 Å². The molecule has 2 aromatic rings. The lowest BCUT2D eigenvalue weighted by atomic mass is 9.95. The van der Waals surface area contributed by atoms with Crippen LogP contribution in [0.4, 0.5) is 0 Å². The number of hydrogen-bond acceptors (Lipinski definition) is 2. The van der Waals surface area contributed by atoms with Crippen molar-refractivity contribution in [2.75, 3.05) is 13.6 Å². The summed E-state index contributed by atoms with van der Waals surface area (Å²) in [6.45, 7) is 7.51. The van der Waals surface area contributed by atoms with Crippen LogP contribution in [0.5, 0.6) is 0 Å². The smallest absolute Gasteiger partial charge is 0.0958 e. The first-order chi connectivity index (χ1) is 9.04. The monoisotopic (exact) mass is 257 g/mol. The second-order valence-corrected chi connectivity index (χ2v) is 5.21. The molecule has 2 rings (SSSR count). The first-order valence-corrected chi connectivity index (χ1v) is 6.79. The van der Waals surface area contributed by atoms with Crippen molar-refractivity contribution in [3.8, 4) is 11.3 Å². The van der Waals surface area contributed by atoms with Crippen LogP contribution in [-0.2, 0) is 13.5 Å². The van der Waals surface area contributed by atoms with Crippen LogP contribution in [0, 0.1) is 20.8 Å². The van der Waals surface area contributed by atoms with Crippen LogP contribution in [0.2, 0.25) is 0 Å². The van der Waals surface area contributed by atoms with Crippen molar-refractivity contribution < 1.29 is 0 Å². The Morgan fingerprint density at radius 3 is 2.58 bits per heavy atom. The molecule has 1 aromatic carbocycles. The van der Waals surface area contributed by atoms with E-state index in [9.17, 15) is 0 Å². The number of nitrogens with one attached hydrogen (secondary N) is 1. The van der Waals surface area contributed by atoms with E-state index in [0.29, 0.717) is 0 Å². The Bertz CT molecular complexity index is 582. The Morgan fingerprint density at radius 1 is 1.16 bits per heavy atom. The van der Waals surface area contributed by atoms with Crippen LogP contribution in [0.1, 0.15) is 22.3 Å². The molecule has 0 amide bonds. The van der Waals surface area contributed by atoms with E-state index in [4.69, 9.17) is 0 Å². The highest BCUT2D eigenvalue weighted by atomic mass is 15.3. The maximum atomic E-state index is 4.65. The van der Waals surface area contributed by atoms with Gasteiger partial charge in [0, 0.05) is 18.8 Å². The van der Waals surface area contributed by atoms with E-state index in [1.165, 1.54) is 27.8 Å². The third kappa shape index (κ3) is 2.71. The summed E-state index contributed by atoms with van der Waals surface area (Å²) in [5.41, 5.74) is 7.73. The Hall–Kier alpha value is -1.61. The molecule has 0 fully saturated rings. The van der Waals surface area contributed by atoms with Gasteiger partial charge >= 0.3 is 0 Å². The summed E-state index contributed by atoms with van der Waals surface area (Å²) in [5, 5.41) is 7.86. The fourth-order valence-electron chi connectivity index (χ4n) is 2.42. The Kier molecular flexibility index (Phi) is 4.05. The van der Waals surface area contributed by atoms with Gasteiger partial charge in [-0.2, -0.15) is 5.10 Å². The highest BCUT2D eigenvalue weighted by molar-refractivity contribution is 5.68. The van der Waals surface area contributed by atoms with Gasteiger partial charge in [-0.3, -0.25) is 4.68 Å². The van der Waals surface area contributed by atoms with Gasteiger partial charge in [0.15, 0.2) is 0 Å². The summed E-state index contributed by atoms with van der Waals surface area (Å²) in [7, 11) is 3.97. The zero-order valence-corrected chi connectivity index (χ0v) is 12.5. The lowest BCUT2D eigenvalue weighted by molar-refractivity contribution is 0.764. The number of nitrogens with zero attached hydrogens (tertiary/aromatic N) is 2. The summed E-state index contributed by atoms with van der Waals surface area (Å²) in [6, 6.07) is 4.39. The lowest BCUT2D eigenvalue weighted by Gasteiger charge is -2.11. The van der Waals surface area contributed by atoms with Crippen LogP contribution in [0.3, 0.4) is 0 Å². The van der Waals surface area contributed by atoms with E-state index >= 15 is 0 Å². The van der Waals surface area contributed by atoms with Crippen LogP contribution in [-0.4, -0.2) is 23.4 Å². The van der Waals surface area contributed by atoms with Gasteiger partial charge in [0.25, 0.3) is 0 Å². The molecule has 3 heteroatoms. The van der Waals surface area contributed by atoms with E-state index in [0.717, 1.165) is 18.7 Å². The van der Waals surface area contributed by atoms with Crippen LogP contribution >= 0.6 is 0 Å². The molecule has 0 unspecified atom stereocenters. The molecule has 0 atom stereocenters. The van der Waals surface area contributed by atoms with Crippen molar-refractivity contribution >= 4 is 0 Å². The van der Waals surface area contributed by atoms with Crippen molar-refractivity contribution in [1.29, 1.82) is 0 Å². The second-order valence-electron chi connectivity index (χ2n) is 5.21. The summed E-state index contributed by atoms with van der Waals surface area (Å²) in [6.07, 6.45) is 3.13. The van der Waals surface area contributed by atoms with Crippen LogP contribution in [0.15, 0.2) is 18.3 Å². The SMILES string of the molecule is CNCCc1cn(C)nc1-c1ccc(C)c(C)c1C. The molecule has 0 aliphatic heterocycles. The second kappa shape index (κ2) is 5.57. The third-order valence-corrected chi connectivity index (χ3v) is 3.86. The number of aryl methyl sites for hydroxylation is 2. The zero-order chi connectivity index (χ0) is 14.0. The molecule has 0 saturated heterocycles. The quantitative estimate of drug-likeness (QED) is 0.912. The number of rotatable bonds is 4. The molecule has 0 radical (unpaired) electrons. The molecule has 0 spiro atoms. The van der Waals surface area contributed by atoms with Gasteiger partial charge in [0.1, 0.15) is 0 Å². The van der Waals surface area contributed by atoms with Crippen molar-refractivity contribution in [3.63, 3.8) is 0 Å². The van der Waals surface area contributed by atoms with E-state index in [1.807, 2.05) is 18.8 Å². The largest absolute Gasteiger partial charge is 0.319 e. The molecule has 0 saturated carbocycles. The van der Waals surface area contributed by atoms with E-state index < -0.39 is 0 Å². The van der Waals surface area contributed by atoms with Gasteiger partial charge in [-0.25, -0.2) is 0 Å². The third-order valence-electron chi connectivity index (χ3n) is 3.86. The normalized spacial score (nSPS) is 11.0. The fourth-order valence-corrected chi connectivity index (χ4v) is 2.42. The summed E-state index contributed by atoms with van der Waals surface area (Å²) >= 11 is 0. The van der Waals surface area contributed by atoms with E-state index in [2.05, 4.69) is 49.5 Å². The molecule has 102 valence electrons. The van der Waals surface area contributed by atoms with Gasteiger partial charge in [0.05, 0.1) is 5.69 Å². The van der Waals surface area contributed by atoms with Gasteiger partial charge < -0.3 is 5.32 Å². The standard InChI is InChI=1S/C16H23N3/c1-11-6-7-15(13(3)12(11)2)16-14(8-9-17-4)10-19(5)18-16/h6-7,10,17H,8-9H2,1-5H3. The fraction of sp³-hybridized carbons (Fsp3) is 0.438. The molecule has 0 aliphatic carbocycles. The zero-order valence-electron chi connectivity index (χ0n) is 12.5. The molecule has 1 N–H and O–H groups in total. The Labute approximate surface area is 115 Å². The van der Waals surface area contributed by atoms with Gasteiger partial charge in [-0.15, -0.1) is 0 Å². The van der Waals surface area contributed by atoms with Crippen molar-refractivity contribution in [2.45, 2.75) is 27.2 Å². The minimum Gasteiger partial charge on any atom is -0.319 e. The molecule has 19 heavy (non-hydrogen) atoms. The maximum Gasteiger partial charge on any atom is 0.0958 e. The number of likely N-dealkylation sites (N-methyl/N-ethyl adjacent to an activating group) is 1. The predicted molar refractivity (Wildman–Crippen MR) is 80.5 cm³/mol. The van der Waals surface area contributed by atoms with Crippen LogP contribution in [0.25, 0.3) is 11.3 Å². The maximum absolute atomic E-state index is 4.65. The predicted octanol–water partition coefficient (Wildman–Crippen LogP) is 2.77. The molecule has 3 nitrogen and oxygen atoms in total. The molecule has 1 heterocycles. The van der Waals surface area contributed by atoms with Crippen molar-refractivity contribution in [3.05, 3.63) is 40.6 Å². The first kappa shape index (κ1) is 13.8. The van der Waals surface area contributed by atoms with E-state index in [-0.39, 0.29) is 0 Å².